The molecule has 1 atom stereocenters. The molecule has 0 saturated carbocycles. The molecule has 0 radical (unpaired) electrons. The van der Waals surface area contributed by atoms with Crippen molar-refractivity contribution in [2.24, 2.45) is 7.05 Å². The van der Waals surface area contributed by atoms with Crippen molar-refractivity contribution < 1.29 is 9.47 Å². The number of nitrogens with one attached hydrogen (secondary N) is 1. The highest BCUT2D eigenvalue weighted by molar-refractivity contribution is 5.52. The summed E-state index contributed by atoms with van der Waals surface area (Å²) in [4.78, 5) is 0. The third kappa shape index (κ3) is 2.54. The molecule has 16 heavy (non-hydrogen) atoms. The summed E-state index contributed by atoms with van der Waals surface area (Å²) in [7, 11) is 5.20. The maximum atomic E-state index is 5.21. The summed E-state index contributed by atoms with van der Waals surface area (Å²) in [5, 5.41) is 7.72. The Balaban J connectivity index is 2.80. The van der Waals surface area contributed by atoms with Gasteiger partial charge in [-0.25, -0.2) is 0 Å². The second-order valence-corrected chi connectivity index (χ2v) is 3.94. The van der Waals surface area contributed by atoms with E-state index in [2.05, 4.69) is 10.4 Å². The number of hydrogen-bond acceptors (Lipinski definition) is 4. The predicted octanol–water partition coefficient (Wildman–Crippen LogP) is 1.46. The second kappa shape index (κ2) is 5.32. The van der Waals surface area contributed by atoms with Crippen LogP contribution in [0.4, 0.5) is 5.69 Å². The van der Waals surface area contributed by atoms with E-state index in [0.717, 1.165) is 17.1 Å². The van der Waals surface area contributed by atoms with E-state index < -0.39 is 0 Å². The van der Waals surface area contributed by atoms with Gasteiger partial charge < -0.3 is 14.8 Å². The Morgan fingerprint density at radius 1 is 1.25 bits per heavy atom. The van der Waals surface area contributed by atoms with Crippen molar-refractivity contribution in [3.63, 3.8) is 0 Å². The van der Waals surface area contributed by atoms with Gasteiger partial charge in [0.15, 0.2) is 6.29 Å². The molecule has 5 heteroatoms. The minimum Gasteiger partial charge on any atom is -0.374 e. The van der Waals surface area contributed by atoms with E-state index >= 15 is 0 Å². The Kier molecular flexibility index (Phi) is 4.32. The molecule has 0 bridgehead atoms. The van der Waals surface area contributed by atoms with Crippen LogP contribution in [0.5, 0.6) is 0 Å². The van der Waals surface area contributed by atoms with Crippen LogP contribution in [0, 0.1) is 13.8 Å². The fraction of sp³-hybridized carbons (Fsp3) is 0.727. The highest BCUT2D eigenvalue weighted by Crippen LogP contribution is 2.20. The quantitative estimate of drug-likeness (QED) is 0.774. The number of nitrogens with zero attached hydrogens (tertiary/aromatic N) is 2. The average molecular weight is 227 g/mol. The lowest BCUT2D eigenvalue weighted by Gasteiger charge is -2.23. The van der Waals surface area contributed by atoms with Crippen LogP contribution in [0.1, 0.15) is 18.3 Å². The fourth-order valence-corrected chi connectivity index (χ4v) is 1.78. The molecule has 1 N–H and O–H groups in total. The summed E-state index contributed by atoms with van der Waals surface area (Å²) in [6, 6.07) is 0.0663. The Hall–Kier alpha value is -1.07. The first kappa shape index (κ1) is 13.0. The van der Waals surface area contributed by atoms with Gasteiger partial charge >= 0.3 is 0 Å². The first-order chi connectivity index (χ1) is 7.51. The minimum atomic E-state index is -0.265. The van der Waals surface area contributed by atoms with Crippen molar-refractivity contribution in [1.82, 2.24) is 9.78 Å². The highest BCUT2D eigenvalue weighted by atomic mass is 16.7. The van der Waals surface area contributed by atoms with Crippen LogP contribution in [0.15, 0.2) is 0 Å². The largest absolute Gasteiger partial charge is 0.374 e. The van der Waals surface area contributed by atoms with Crippen LogP contribution in [0.3, 0.4) is 0 Å². The summed E-state index contributed by atoms with van der Waals surface area (Å²) >= 11 is 0. The summed E-state index contributed by atoms with van der Waals surface area (Å²) in [6.07, 6.45) is -0.265. The highest BCUT2D eigenvalue weighted by Gasteiger charge is 2.18. The number of rotatable bonds is 5. The smallest absolute Gasteiger partial charge is 0.176 e. The minimum absolute atomic E-state index is 0.0663. The van der Waals surface area contributed by atoms with Crippen molar-refractivity contribution in [1.29, 1.82) is 0 Å². The first-order valence-corrected chi connectivity index (χ1v) is 5.33. The van der Waals surface area contributed by atoms with Crippen LogP contribution < -0.4 is 5.32 Å². The van der Waals surface area contributed by atoms with Gasteiger partial charge in [-0.1, -0.05) is 0 Å². The number of hydrogen-bond donors (Lipinski definition) is 1. The molecule has 5 nitrogen and oxygen atoms in total. The van der Waals surface area contributed by atoms with Crippen LogP contribution in [0.25, 0.3) is 0 Å². The zero-order valence-electron chi connectivity index (χ0n) is 10.9. The third-order valence-electron chi connectivity index (χ3n) is 2.75. The molecule has 0 spiro atoms. The van der Waals surface area contributed by atoms with Gasteiger partial charge in [-0.05, 0) is 20.8 Å². The van der Waals surface area contributed by atoms with Gasteiger partial charge in [-0.3, -0.25) is 4.68 Å². The van der Waals surface area contributed by atoms with Crippen molar-refractivity contribution in [3.8, 4) is 0 Å². The lowest BCUT2D eigenvalue weighted by molar-refractivity contribution is -0.109. The van der Waals surface area contributed by atoms with Gasteiger partial charge in [-0.2, -0.15) is 5.10 Å². The molecule has 92 valence electrons. The molecule has 1 rings (SSSR count). The second-order valence-electron chi connectivity index (χ2n) is 3.94. The van der Waals surface area contributed by atoms with Crippen molar-refractivity contribution >= 4 is 5.69 Å². The standard InChI is InChI=1S/C11H21N3O2/c1-7-10(9(3)14(4)13-7)12-8(2)11(15-5)16-6/h8,11-12H,1-6H3. The molecule has 1 unspecified atom stereocenters. The lowest BCUT2D eigenvalue weighted by Crippen LogP contribution is -2.34. The van der Waals surface area contributed by atoms with Crippen molar-refractivity contribution in [2.75, 3.05) is 19.5 Å². The Morgan fingerprint density at radius 3 is 2.19 bits per heavy atom. The number of methoxy groups -OCH3 is 2. The molecular weight excluding hydrogens is 206 g/mol. The Morgan fingerprint density at radius 2 is 1.81 bits per heavy atom. The van der Waals surface area contributed by atoms with E-state index in [1.807, 2.05) is 32.5 Å². The van der Waals surface area contributed by atoms with Gasteiger partial charge in [0.1, 0.15) is 0 Å². The Bertz CT molecular complexity index is 345. The number of ether oxygens (including phenoxy) is 2. The fourth-order valence-electron chi connectivity index (χ4n) is 1.78. The van der Waals surface area contributed by atoms with Crippen molar-refractivity contribution in [3.05, 3.63) is 11.4 Å². The lowest BCUT2D eigenvalue weighted by atomic mass is 10.2. The first-order valence-electron chi connectivity index (χ1n) is 5.33. The number of anilines is 1. The molecule has 0 fully saturated rings. The predicted molar refractivity (Wildman–Crippen MR) is 63.6 cm³/mol. The van der Waals surface area contributed by atoms with Gasteiger partial charge in [0, 0.05) is 21.3 Å². The van der Waals surface area contributed by atoms with Crippen LogP contribution >= 0.6 is 0 Å². The summed E-state index contributed by atoms with van der Waals surface area (Å²) < 4.78 is 12.3. The van der Waals surface area contributed by atoms with Crippen molar-refractivity contribution in [2.45, 2.75) is 33.1 Å². The van der Waals surface area contributed by atoms with E-state index in [1.165, 1.54) is 0 Å². The average Bonchev–Trinajstić information content (AvgIpc) is 2.47. The monoisotopic (exact) mass is 227 g/mol. The molecule has 0 amide bonds. The molecular formula is C11H21N3O2. The van der Waals surface area contributed by atoms with E-state index in [9.17, 15) is 0 Å². The van der Waals surface area contributed by atoms with Gasteiger partial charge in [0.05, 0.1) is 23.1 Å². The van der Waals surface area contributed by atoms with Crippen LogP contribution in [0.2, 0.25) is 0 Å². The molecule has 1 heterocycles. The summed E-state index contributed by atoms with van der Waals surface area (Å²) in [5.74, 6) is 0. The molecule has 0 saturated heterocycles. The van der Waals surface area contributed by atoms with E-state index in [1.54, 1.807) is 14.2 Å². The zero-order chi connectivity index (χ0) is 12.3. The third-order valence-corrected chi connectivity index (χ3v) is 2.75. The molecule has 0 aliphatic rings. The zero-order valence-corrected chi connectivity index (χ0v) is 10.9. The number of aromatic nitrogens is 2. The molecule has 1 aromatic heterocycles. The van der Waals surface area contributed by atoms with E-state index in [4.69, 9.17) is 9.47 Å². The van der Waals surface area contributed by atoms with Gasteiger partial charge in [0.25, 0.3) is 0 Å². The van der Waals surface area contributed by atoms with Gasteiger partial charge in [-0.15, -0.1) is 0 Å². The number of aryl methyl sites for hydroxylation is 2. The maximum absolute atomic E-state index is 5.21. The van der Waals surface area contributed by atoms with Gasteiger partial charge in [0.2, 0.25) is 0 Å². The molecule has 0 aliphatic carbocycles. The molecule has 0 aliphatic heterocycles. The van der Waals surface area contributed by atoms with E-state index in [-0.39, 0.29) is 12.3 Å². The normalized spacial score (nSPS) is 13.2. The maximum Gasteiger partial charge on any atom is 0.176 e. The van der Waals surface area contributed by atoms with E-state index in [0.29, 0.717) is 0 Å². The Labute approximate surface area is 96.7 Å². The SMILES string of the molecule is COC(OC)C(C)Nc1c(C)nn(C)c1C. The summed E-state index contributed by atoms with van der Waals surface area (Å²) in [5.41, 5.74) is 3.14. The molecule has 0 aromatic carbocycles. The molecule has 1 aromatic rings. The topological polar surface area (TPSA) is 48.3 Å². The summed E-state index contributed by atoms with van der Waals surface area (Å²) in [6.45, 7) is 6.03. The van der Waals surface area contributed by atoms with Crippen LogP contribution in [-0.4, -0.2) is 36.3 Å². The van der Waals surface area contributed by atoms with Crippen LogP contribution in [-0.2, 0) is 16.5 Å².